The van der Waals surface area contributed by atoms with Crippen molar-refractivity contribution in [2.45, 2.75) is 71.9 Å². The number of aromatic nitrogens is 2. The van der Waals surface area contributed by atoms with Crippen LogP contribution in [0.1, 0.15) is 57.2 Å². The molecule has 2 fully saturated rings. The van der Waals surface area contributed by atoms with Gasteiger partial charge in [0.15, 0.2) is 0 Å². The van der Waals surface area contributed by atoms with E-state index in [0.717, 1.165) is 37.1 Å². The first-order chi connectivity index (χ1) is 11.5. The predicted octanol–water partition coefficient (Wildman–Crippen LogP) is 3.27. The number of hydrogen-bond donors (Lipinski definition) is 2. The van der Waals surface area contributed by atoms with Gasteiger partial charge < -0.3 is 15.5 Å². The molecule has 1 aromatic heterocycles. The zero-order valence-electron chi connectivity index (χ0n) is 15.7. The van der Waals surface area contributed by atoms with Gasteiger partial charge >= 0.3 is 0 Å². The van der Waals surface area contributed by atoms with E-state index in [1.165, 1.54) is 37.7 Å². The molecule has 1 saturated heterocycles. The van der Waals surface area contributed by atoms with Gasteiger partial charge in [-0.15, -0.1) is 0 Å². The molecule has 1 aromatic rings. The molecule has 1 unspecified atom stereocenters. The van der Waals surface area contributed by atoms with Crippen LogP contribution < -0.4 is 15.5 Å². The summed E-state index contributed by atoms with van der Waals surface area (Å²) < 4.78 is 0. The highest BCUT2D eigenvalue weighted by atomic mass is 15.3. The monoisotopic (exact) mass is 331 g/mol. The Labute approximate surface area is 146 Å². The maximum atomic E-state index is 4.92. The van der Waals surface area contributed by atoms with E-state index in [0.29, 0.717) is 18.0 Å². The molecule has 0 bridgehead atoms. The maximum absolute atomic E-state index is 4.92. The second-order valence-corrected chi connectivity index (χ2v) is 7.81. The Morgan fingerprint density at radius 2 is 1.88 bits per heavy atom. The van der Waals surface area contributed by atoms with Crippen LogP contribution in [0.2, 0.25) is 0 Å². The third kappa shape index (κ3) is 4.00. The standard InChI is InChI=1S/C19H33N5/c1-13(2)17-12-24(11-10-20-17)19-21-15(4)14(3)18(23-19)22-16-8-6-5-7-9-16/h13,16-17,20H,5-12H2,1-4H3,(H,21,22,23). The summed E-state index contributed by atoms with van der Waals surface area (Å²) in [4.78, 5) is 12.1. The SMILES string of the molecule is Cc1nc(N2CCNC(C(C)C)C2)nc(NC2CCCCC2)c1C. The van der Waals surface area contributed by atoms with Crippen molar-refractivity contribution >= 4 is 11.8 Å². The normalized spacial score (nSPS) is 22.9. The largest absolute Gasteiger partial charge is 0.367 e. The Kier molecular flexibility index (Phi) is 5.59. The van der Waals surface area contributed by atoms with Crippen molar-refractivity contribution in [1.82, 2.24) is 15.3 Å². The van der Waals surface area contributed by atoms with Crippen LogP contribution in [0.25, 0.3) is 0 Å². The number of rotatable bonds is 4. The molecule has 5 nitrogen and oxygen atoms in total. The summed E-state index contributed by atoms with van der Waals surface area (Å²) in [6.45, 7) is 11.8. The number of nitrogens with one attached hydrogen (secondary N) is 2. The maximum Gasteiger partial charge on any atom is 0.227 e. The molecular formula is C19H33N5. The zero-order chi connectivity index (χ0) is 17.1. The molecule has 2 heterocycles. The molecule has 1 atom stereocenters. The summed E-state index contributed by atoms with van der Waals surface area (Å²) in [5.74, 6) is 2.56. The van der Waals surface area contributed by atoms with Crippen molar-refractivity contribution in [3.63, 3.8) is 0 Å². The van der Waals surface area contributed by atoms with E-state index < -0.39 is 0 Å². The van der Waals surface area contributed by atoms with Gasteiger partial charge in [0.25, 0.3) is 0 Å². The third-order valence-electron chi connectivity index (χ3n) is 5.62. The first-order valence-electron chi connectivity index (χ1n) is 9.64. The van der Waals surface area contributed by atoms with Gasteiger partial charge in [0.2, 0.25) is 5.95 Å². The third-order valence-corrected chi connectivity index (χ3v) is 5.62. The molecular weight excluding hydrogens is 298 g/mol. The average molecular weight is 332 g/mol. The lowest BCUT2D eigenvalue weighted by Crippen LogP contribution is -2.53. The molecule has 0 spiro atoms. The van der Waals surface area contributed by atoms with E-state index in [2.05, 4.69) is 43.2 Å². The summed E-state index contributed by atoms with van der Waals surface area (Å²) in [6, 6.07) is 1.09. The van der Waals surface area contributed by atoms with Crippen LogP contribution in [0, 0.1) is 19.8 Å². The second kappa shape index (κ2) is 7.68. The lowest BCUT2D eigenvalue weighted by atomic mass is 9.95. The minimum absolute atomic E-state index is 0.513. The summed E-state index contributed by atoms with van der Waals surface area (Å²) in [7, 11) is 0. The van der Waals surface area contributed by atoms with E-state index in [1.54, 1.807) is 0 Å². The Morgan fingerprint density at radius 3 is 2.58 bits per heavy atom. The molecule has 3 rings (SSSR count). The highest BCUT2D eigenvalue weighted by Crippen LogP contribution is 2.25. The van der Waals surface area contributed by atoms with Crippen LogP contribution in [-0.2, 0) is 0 Å². The van der Waals surface area contributed by atoms with Gasteiger partial charge in [0.05, 0.1) is 0 Å². The zero-order valence-corrected chi connectivity index (χ0v) is 15.7. The fourth-order valence-electron chi connectivity index (χ4n) is 3.74. The Hall–Kier alpha value is -1.36. The van der Waals surface area contributed by atoms with Crippen molar-refractivity contribution in [3.8, 4) is 0 Å². The Morgan fingerprint density at radius 1 is 1.12 bits per heavy atom. The van der Waals surface area contributed by atoms with Crippen LogP contribution in [-0.4, -0.2) is 41.7 Å². The molecule has 2 aliphatic rings. The molecule has 24 heavy (non-hydrogen) atoms. The number of piperazine rings is 1. The van der Waals surface area contributed by atoms with Crippen LogP contribution in [0.5, 0.6) is 0 Å². The van der Waals surface area contributed by atoms with Crippen molar-refractivity contribution in [2.24, 2.45) is 5.92 Å². The summed E-state index contributed by atoms with van der Waals surface area (Å²) in [5.41, 5.74) is 2.29. The lowest BCUT2D eigenvalue weighted by Gasteiger charge is -2.36. The Bertz CT molecular complexity index is 551. The topological polar surface area (TPSA) is 53.1 Å². The molecule has 0 aromatic carbocycles. The van der Waals surface area contributed by atoms with E-state index >= 15 is 0 Å². The van der Waals surface area contributed by atoms with Crippen LogP contribution >= 0.6 is 0 Å². The van der Waals surface area contributed by atoms with Crippen LogP contribution in [0.3, 0.4) is 0 Å². The van der Waals surface area contributed by atoms with E-state index in [-0.39, 0.29) is 0 Å². The van der Waals surface area contributed by atoms with Crippen molar-refractivity contribution in [1.29, 1.82) is 0 Å². The van der Waals surface area contributed by atoms with Crippen LogP contribution in [0.15, 0.2) is 0 Å². The second-order valence-electron chi connectivity index (χ2n) is 7.81. The minimum atomic E-state index is 0.513. The first-order valence-corrected chi connectivity index (χ1v) is 9.64. The quantitative estimate of drug-likeness (QED) is 0.887. The number of anilines is 2. The van der Waals surface area contributed by atoms with Gasteiger partial charge in [-0.2, -0.15) is 4.98 Å². The van der Waals surface area contributed by atoms with Crippen LogP contribution in [0.4, 0.5) is 11.8 Å². The fraction of sp³-hybridized carbons (Fsp3) is 0.789. The van der Waals surface area contributed by atoms with Crippen molar-refractivity contribution in [3.05, 3.63) is 11.3 Å². The minimum Gasteiger partial charge on any atom is -0.367 e. The summed E-state index contributed by atoms with van der Waals surface area (Å²) in [6.07, 6.45) is 6.58. The van der Waals surface area contributed by atoms with Gasteiger partial charge in [-0.1, -0.05) is 33.1 Å². The predicted molar refractivity (Wildman–Crippen MR) is 101 cm³/mol. The van der Waals surface area contributed by atoms with Gasteiger partial charge in [-0.25, -0.2) is 4.98 Å². The van der Waals surface area contributed by atoms with E-state index in [1.807, 2.05) is 0 Å². The smallest absolute Gasteiger partial charge is 0.227 e. The Balaban J connectivity index is 1.78. The molecule has 134 valence electrons. The van der Waals surface area contributed by atoms with E-state index in [4.69, 9.17) is 9.97 Å². The van der Waals surface area contributed by atoms with Gasteiger partial charge in [-0.3, -0.25) is 0 Å². The number of nitrogens with zero attached hydrogens (tertiary/aromatic N) is 3. The molecule has 0 radical (unpaired) electrons. The summed E-state index contributed by atoms with van der Waals surface area (Å²) in [5, 5.41) is 7.32. The lowest BCUT2D eigenvalue weighted by molar-refractivity contribution is 0.366. The molecule has 1 saturated carbocycles. The van der Waals surface area contributed by atoms with E-state index in [9.17, 15) is 0 Å². The summed E-state index contributed by atoms with van der Waals surface area (Å²) >= 11 is 0. The van der Waals surface area contributed by atoms with Crippen molar-refractivity contribution in [2.75, 3.05) is 29.9 Å². The van der Waals surface area contributed by atoms with Crippen molar-refractivity contribution < 1.29 is 0 Å². The highest BCUT2D eigenvalue weighted by Gasteiger charge is 2.25. The highest BCUT2D eigenvalue weighted by molar-refractivity contribution is 5.51. The molecule has 0 amide bonds. The van der Waals surface area contributed by atoms with Gasteiger partial charge in [-0.05, 0) is 32.6 Å². The average Bonchev–Trinajstić information content (AvgIpc) is 2.59. The molecule has 1 aliphatic carbocycles. The molecule has 5 heteroatoms. The fourth-order valence-corrected chi connectivity index (χ4v) is 3.74. The molecule has 2 N–H and O–H groups in total. The number of hydrogen-bond acceptors (Lipinski definition) is 5. The van der Waals surface area contributed by atoms with Gasteiger partial charge in [0.1, 0.15) is 5.82 Å². The first kappa shape index (κ1) is 17.5. The molecule has 1 aliphatic heterocycles. The van der Waals surface area contributed by atoms with Gasteiger partial charge in [0, 0.05) is 43.0 Å². The number of aryl methyl sites for hydroxylation is 1.